The summed E-state index contributed by atoms with van der Waals surface area (Å²) in [6, 6.07) is 7.59. The smallest absolute Gasteiger partial charge is 0.253 e. The van der Waals surface area contributed by atoms with Gasteiger partial charge >= 0.3 is 0 Å². The molecule has 3 rings (SSSR count). The Morgan fingerprint density at radius 3 is 2.96 bits per heavy atom. The van der Waals surface area contributed by atoms with Crippen molar-refractivity contribution in [2.75, 3.05) is 33.3 Å². The van der Waals surface area contributed by atoms with Crippen molar-refractivity contribution in [2.24, 2.45) is 5.92 Å². The topological polar surface area (TPSA) is 70.7 Å². The minimum absolute atomic E-state index is 0.0418. The number of ether oxygens (including phenoxy) is 1. The molecule has 0 bridgehead atoms. The van der Waals surface area contributed by atoms with Gasteiger partial charge in [-0.15, -0.1) is 0 Å². The highest BCUT2D eigenvalue weighted by Gasteiger charge is 2.27. The summed E-state index contributed by atoms with van der Waals surface area (Å²) < 4.78 is 5.15. The van der Waals surface area contributed by atoms with Crippen LogP contribution in [-0.4, -0.2) is 56.0 Å². The van der Waals surface area contributed by atoms with E-state index in [1.165, 1.54) is 0 Å². The molecule has 1 aromatic carbocycles. The van der Waals surface area contributed by atoms with Crippen molar-refractivity contribution in [1.82, 2.24) is 15.5 Å². The number of nitrogens with zero attached hydrogens (tertiary/aromatic N) is 1. The Balaban J connectivity index is 1.53. The van der Waals surface area contributed by atoms with Gasteiger partial charge in [0, 0.05) is 32.3 Å². The number of nitrogens with one attached hydrogen (secondary N) is 2. The first-order valence-electron chi connectivity index (χ1n) is 9.55. The van der Waals surface area contributed by atoms with Crippen molar-refractivity contribution >= 4 is 11.8 Å². The molecule has 0 radical (unpaired) electrons. The zero-order chi connectivity index (χ0) is 18.4. The van der Waals surface area contributed by atoms with Gasteiger partial charge in [-0.2, -0.15) is 0 Å². The molecule has 2 aliphatic rings. The normalized spacial score (nSPS) is 23.0. The molecule has 2 atom stereocenters. The molecule has 2 unspecified atom stereocenters. The van der Waals surface area contributed by atoms with E-state index in [9.17, 15) is 9.59 Å². The van der Waals surface area contributed by atoms with Crippen LogP contribution in [0.15, 0.2) is 24.3 Å². The van der Waals surface area contributed by atoms with Gasteiger partial charge in [0.2, 0.25) is 5.91 Å². The van der Waals surface area contributed by atoms with Crippen molar-refractivity contribution in [3.8, 4) is 0 Å². The van der Waals surface area contributed by atoms with Crippen LogP contribution >= 0.6 is 0 Å². The molecule has 2 fully saturated rings. The molecule has 0 aromatic heterocycles. The average Bonchev–Trinajstić information content (AvgIpc) is 3.21. The molecule has 2 amide bonds. The Morgan fingerprint density at radius 1 is 1.31 bits per heavy atom. The standard InChI is InChI=1S/C20H29N3O3/c1-26-14-15-5-2-7-17(11-15)20(25)23-10-4-6-16(13-23)12-22-19(24)18-8-3-9-21-18/h2,5,7,11,16,18,21H,3-4,6,8-10,12-14H2,1H3,(H,22,24). The number of hydrogen-bond acceptors (Lipinski definition) is 4. The lowest BCUT2D eigenvalue weighted by Crippen LogP contribution is -2.46. The van der Waals surface area contributed by atoms with Crippen LogP contribution in [0.3, 0.4) is 0 Å². The van der Waals surface area contributed by atoms with Crippen LogP contribution in [0.2, 0.25) is 0 Å². The maximum absolute atomic E-state index is 12.8. The van der Waals surface area contributed by atoms with Crippen LogP contribution < -0.4 is 10.6 Å². The number of methoxy groups -OCH3 is 1. The van der Waals surface area contributed by atoms with E-state index in [-0.39, 0.29) is 17.9 Å². The molecule has 6 heteroatoms. The van der Waals surface area contributed by atoms with Crippen molar-refractivity contribution < 1.29 is 14.3 Å². The van der Waals surface area contributed by atoms with E-state index in [0.717, 1.165) is 44.3 Å². The first kappa shape index (κ1) is 18.9. The summed E-state index contributed by atoms with van der Waals surface area (Å²) in [6.45, 7) is 3.55. The Bertz CT molecular complexity index is 628. The number of rotatable bonds is 6. The lowest BCUT2D eigenvalue weighted by Gasteiger charge is -2.33. The highest BCUT2D eigenvalue weighted by molar-refractivity contribution is 5.94. The van der Waals surface area contributed by atoms with Crippen LogP contribution in [-0.2, 0) is 16.1 Å². The van der Waals surface area contributed by atoms with Gasteiger partial charge < -0.3 is 20.3 Å². The van der Waals surface area contributed by atoms with Crippen LogP contribution in [0.1, 0.15) is 41.6 Å². The number of likely N-dealkylation sites (tertiary alicyclic amines) is 1. The molecule has 6 nitrogen and oxygen atoms in total. The lowest BCUT2D eigenvalue weighted by molar-refractivity contribution is -0.123. The third-order valence-electron chi connectivity index (χ3n) is 5.23. The Kier molecular flexibility index (Phi) is 6.63. The second-order valence-electron chi connectivity index (χ2n) is 7.29. The van der Waals surface area contributed by atoms with Crippen LogP contribution in [0, 0.1) is 5.92 Å². The van der Waals surface area contributed by atoms with E-state index in [1.54, 1.807) is 7.11 Å². The number of hydrogen-bond donors (Lipinski definition) is 2. The summed E-state index contributed by atoms with van der Waals surface area (Å²) in [5.74, 6) is 0.481. The van der Waals surface area contributed by atoms with Crippen LogP contribution in [0.4, 0.5) is 0 Å². The van der Waals surface area contributed by atoms with Crippen molar-refractivity contribution in [1.29, 1.82) is 0 Å². The van der Waals surface area contributed by atoms with Gasteiger partial charge in [-0.05, 0) is 55.8 Å². The monoisotopic (exact) mass is 359 g/mol. The Hall–Kier alpha value is -1.92. The summed E-state index contributed by atoms with van der Waals surface area (Å²) in [7, 11) is 1.65. The van der Waals surface area contributed by atoms with Crippen molar-refractivity contribution in [3.63, 3.8) is 0 Å². The second-order valence-corrected chi connectivity index (χ2v) is 7.29. The molecule has 2 aliphatic heterocycles. The third-order valence-corrected chi connectivity index (χ3v) is 5.23. The van der Waals surface area contributed by atoms with E-state index in [0.29, 0.717) is 31.2 Å². The van der Waals surface area contributed by atoms with E-state index in [1.807, 2.05) is 29.2 Å². The van der Waals surface area contributed by atoms with E-state index >= 15 is 0 Å². The third kappa shape index (κ3) is 4.83. The fourth-order valence-electron chi connectivity index (χ4n) is 3.84. The molecule has 2 N–H and O–H groups in total. The van der Waals surface area contributed by atoms with Crippen LogP contribution in [0.25, 0.3) is 0 Å². The molecule has 0 saturated carbocycles. The maximum atomic E-state index is 12.8. The molecule has 26 heavy (non-hydrogen) atoms. The lowest BCUT2D eigenvalue weighted by atomic mass is 9.97. The number of amides is 2. The first-order chi connectivity index (χ1) is 12.7. The van der Waals surface area contributed by atoms with Gasteiger partial charge in [-0.25, -0.2) is 0 Å². The zero-order valence-electron chi connectivity index (χ0n) is 15.5. The van der Waals surface area contributed by atoms with Gasteiger partial charge in [0.15, 0.2) is 0 Å². The highest BCUT2D eigenvalue weighted by atomic mass is 16.5. The Morgan fingerprint density at radius 2 is 2.19 bits per heavy atom. The molecule has 142 valence electrons. The maximum Gasteiger partial charge on any atom is 0.253 e. The summed E-state index contributed by atoms with van der Waals surface area (Å²) in [6.07, 6.45) is 4.00. The van der Waals surface area contributed by atoms with Gasteiger partial charge in [0.1, 0.15) is 0 Å². The van der Waals surface area contributed by atoms with Crippen molar-refractivity contribution in [2.45, 2.75) is 38.3 Å². The van der Waals surface area contributed by atoms with Gasteiger partial charge in [-0.1, -0.05) is 12.1 Å². The summed E-state index contributed by atoms with van der Waals surface area (Å²) >= 11 is 0. The summed E-state index contributed by atoms with van der Waals surface area (Å²) in [5.41, 5.74) is 1.71. The minimum Gasteiger partial charge on any atom is -0.380 e. The van der Waals surface area contributed by atoms with Crippen molar-refractivity contribution in [3.05, 3.63) is 35.4 Å². The summed E-state index contributed by atoms with van der Waals surface area (Å²) in [4.78, 5) is 26.9. The fraction of sp³-hybridized carbons (Fsp3) is 0.600. The number of carbonyl (C=O) groups is 2. The average molecular weight is 359 g/mol. The predicted octanol–water partition coefficient (Wildman–Crippen LogP) is 1.55. The minimum atomic E-state index is -0.0418. The van der Waals surface area contributed by atoms with E-state index < -0.39 is 0 Å². The second kappa shape index (κ2) is 9.14. The fourth-order valence-corrected chi connectivity index (χ4v) is 3.84. The van der Waals surface area contributed by atoms with Gasteiger partial charge in [-0.3, -0.25) is 9.59 Å². The summed E-state index contributed by atoms with van der Waals surface area (Å²) in [5, 5.41) is 6.28. The quantitative estimate of drug-likeness (QED) is 0.809. The highest BCUT2D eigenvalue weighted by Crippen LogP contribution is 2.19. The molecule has 0 aliphatic carbocycles. The SMILES string of the molecule is COCc1cccc(C(=O)N2CCCC(CNC(=O)C3CCCN3)C2)c1. The molecule has 1 aromatic rings. The molecule has 2 heterocycles. The largest absolute Gasteiger partial charge is 0.380 e. The first-order valence-corrected chi connectivity index (χ1v) is 9.55. The number of piperidine rings is 1. The van der Waals surface area contributed by atoms with Gasteiger partial charge in [0.25, 0.3) is 5.91 Å². The molecule has 0 spiro atoms. The predicted molar refractivity (Wildman–Crippen MR) is 99.8 cm³/mol. The van der Waals surface area contributed by atoms with E-state index in [4.69, 9.17) is 4.74 Å². The number of benzene rings is 1. The molecular formula is C20H29N3O3. The van der Waals surface area contributed by atoms with Crippen LogP contribution in [0.5, 0.6) is 0 Å². The number of carbonyl (C=O) groups excluding carboxylic acids is 2. The molecule has 2 saturated heterocycles. The zero-order valence-corrected chi connectivity index (χ0v) is 15.5. The Labute approximate surface area is 155 Å². The molecular weight excluding hydrogens is 330 g/mol. The van der Waals surface area contributed by atoms with E-state index in [2.05, 4.69) is 10.6 Å². The van der Waals surface area contributed by atoms with Gasteiger partial charge in [0.05, 0.1) is 12.6 Å².